The molecule has 0 aliphatic carbocycles. The van der Waals surface area contributed by atoms with Gasteiger partial charge in [-0.05, 0) is 12.1 Å². The highest BCUT2D eigenvalue weighted by Crippen LogP contribution is 2.35. The number of hydrogen-bond acceptors (Lipinski definition) is 5. The molecule has 0 saturated heterocycles. The Bertz CT molecular complexity index is 759. The van der Waals surface area contributed by atoms with Crippen LogP contribution in [0, 0.1) is 10.1 Å². The van der Waals surface area contributed by atoms with Crippen LogP contribution in [0.2, 0.25) is 0 Å². The third-order valence-corrected chi connectivity index (χ3v) is 3.76. The molecule has 0 bridgehead atoms. The highest BCUT2D eigenvalue weighted by Gasteiger charge is 2.25. The van der Waals surface area contributed by atoms with E-state index < -0.39 is 33.7 Å². The van der Waals surface area contributed by atoms with Gasteiger partial charge in [0.2, 0.25) is 0 Å². The molecule has 0 radical (unpaired) electrons. The van der Waals surface area contributed by atoms with E-state index in [1.807, 2.05) is 0 Å². The van der Waals surface area contributed by atoms with Gasteiger partial charge in [-0.15, -0.1) is 0 Å². The molecular formula is C14H9NO6S. The number of benzene rings is 2. The van der Waals surface area contributed by atoms with Gasteiger partial charge in [-0.2, -0.15) is 0 Å². The number of nitro groups is 1. The van der Waals surface area contributed by atoms with Crippen molar-refractivity contribution in [2.45, 2.75) is 9.79 Å². The van der Waals surface area contributed by atoms with Crippen molar-refractivity contribution in [1.29, 1.82) is 0 Å². The van der Waals surface area contributed by atoms with Gasteiger partial charge < -0.3 is 10.2 Å². The number of carbonyl (C=O) groups is 2. The number of nitrogens with zero attached hydrogens (tertiary/aromatic N) is 1. The van der Waals surface area contributed by atoms with E-state index in [0.717, 1.165) is 23.9 Å². The first kappa shape index (κ1) is 15.5. The van der Waals surface area contributed by atoms with Crippen LogP contribution in [0.3, 0.4) is 0 Å². The normalized spacial score (nSPS) is 10.2. The number of hydrogen-bond donors (Lipinski definition) is 2. The van der Waals surface area contributed by atoms with Crippen LogP contribution in [0.15, 0.2) is 52.3 Å². The summed E-state index contributed by atoms with van der Waals surface area (Å²) in [6.45, 7) is 0. The van der Waals surface area contributed by atoms with Crippen LogP contribution in [0.25, 0.3) is 0 Å². The maximum atomic E-state index is 11.4. The van der Waals surface area contributed by atoms with Crippen LogP contribution >= 0.6 is 11.8 Å². The van der Waals surface area contributed by atoms with Gasteiger partial charge in [0.15, 0.2) is 0 Å². The van der Waals surface area contributed by atoms with Crippen molar-refractivity contribution >= 4 is 29.4 Å². The first-order valence-electron chi connectivity index (χ1n) is 5.92. The van der Waals surface area contributed by atoms with E-state index in [1.54, 1.807) is 30.3 Å². The Labute approximate surface area is 128 Å². The number of carboxylic acid groups (broad SMARTS) is 2. The van der Waals surface area contributed by atoms with Crippen LogP contribution in [0.1, 0.15) is 20.7 Å². The highest BCUT2D eigenvalue weighted by molar-refractivity contribution is 7.99. The molecule has 2 N–H and O–H groups in total. The van der Waals surface area contributed by atoms with Gasteiger partial charge in [0.25, 0.3) is 5.69 Å². The summed E-state index contributed by atoms with van der Waals surface area (Å²) in [6, 6.07) is 10.4. The third kappa shape index (κ3) is 3.23. The zero-order chi connectivity index (χ0) is 16.3. The lowest BCUT2D eigenvalue weighted by atomic mass is 10.1. The molecule has 2 aromatic carbocycles. The summed E-state index contributed by atoms with van der Waals surface area (Å²) in [7, 11) is 0. The summed E-state index contributed by atoms with van der Waals surface area (Å²) < 4.78 is 0. The molecular weight excluding hydrogens is 310 g/mol. The molecule has 0 spiro atoms. The van der Waals surface area contributed by atoms with Gasteiger partial charge >= 0.3 is 11.9 Å². The van der Waals surface area contributed by atoms with Crippen LogP contribution in [0.5, 0.6) is 0 Å². The molecule has 0 saturated carbocycles. The molecule has 0 unspecified atom stereocenters. The second kappa shape index (κ2) is 6.27. The molecule has 112 valence electrons. The monoisotopic (exact) mass is 319 g/mol. The average Bonchev–Trinajstić information content (AvgIpc) is 2.47. The lowest BCUT2D eigenvalue weighted by molar-refractivity contribution is -0.385. The second-order valence-corrected chi connectivity index (χ2v) is 5.26. The molecule has 0 aliphatic heterocycles. The summed E-state index contributed by atoms with van der Waals surface area (Å²) in [5.74, 6) is -2.98. The number of non-ortho nitro benzene ring substituents is 1. The lowest BCUT2D eigenvalue weighted by Crippen LogP contribution is -2.10. The zero-order valence-electron chi connectivity index (χ0n) is 10.9. The van der Waals surface area contributed by atoms with Crippen LogP contribution in [0.4, 0.5) is 5.69 Å². The fourth-order valence-corrected chi connectivity index (χ4v) is 2.82. The standard InChI is InChI=1S/C14H9NO6S/c16-13(17)10-6-8(15(20)21)7-11(12(10)14(18)19)22-9-4-2-1-3-5-9/h1-7H,(H,16,17)(H,18,19). The first-order chi connectivity index (χ1) is 10.4. The fourth-order valence-electron chi connectivity index (χ4n) is 1.79. The van der Waals surface area contributed by atoms with E-state index in [9.17, 15) is 24.8 Å². The molecule has 2 aromatic rings. The molecule has 0 amide bonds. The minimum Gasteiger partial charge on any atom is -0.478 e. The number of rotatable bonds is 5. The summed E-state index contributed by atoms with van der Waals surface area (Å²) in [5.41, 5.74) is -1.55. The quantitative estimate of drug-likeness (QED) is 0.642. The molecule has 0 aliphatic rings. The predicted molar refractivity (Wildman–Crippen MR) is 77.6 cm³/mol. The van der Waals surface area contributed by atoms with Crippen LogP contribution in [-0.4, -0.2) is 27.1 Å². The second-order valence-electron chi connectivity index (χ2n) is 4.15. The number of aromatic carboxylic acids is 2. The van der Waals surface area contributed by atoms with E-state index >= 15 is 0 Å². The van der Waals surface area contributed by atoms with Crippen molar-refractivity contribution in [1.82, 2.24) is 0 Å². The molecule has 0 heterocycles. The molecule has 0 aromatic heterocycles. The SMILES string of the molecule is O=C(O)c1cc([N+](=O)[O-])cc(Sc2ccccc2)c1C(=O)O. The van der Waals surface area contributed by atoms with Crippen molar-refractivity contribution in [2.75, 3.05) is 0 Å². The van der Waals surface area contributed by atoms with E-state index in [-0.39, 0.29) is 4.90 Å². The highest BCUT2D eigenvalue weighted by atomic mass is 32.2. The fraction of sp³-hybridized carbons (Fsp3) is 0. The molecule has 2 rings (SSSR count). The smallest absolute Gasteiger partial charge is 0.337 e. The maximum Gasteiger partial charge on any atom is 0.337 e. The molecule has 22 heavy (non-hydrogen) atoms. The van der Waals surface area contributed by atoms with Crippen molar-refractivity contribution in [2.24, 2.45) is 0 Å². The van der Waals surface area contributed by atoms with Crippen LogP contribution < -0.4 is 0 Å². The minimum absolute atomic E-state index is 0.00491. The summed E-state index contributed by atoms with van der Waals surface area (Å²) in [5, 5.41) is 29.3. The Morgan fingerprint density at radius 1 is 1.05 bits per heavy atom. The largest absolute Gasteiger partial charge is 0.478 e. The Balaban J connectivity index is 2.65. The van der Waals surface area contributed by atoms with Gasteiger partial charge in [0.05, 0.1) is 16.1 Å². The molecule has 0 fully saturated rings. The van der Waals surface area contributed by atoms with Gasteiger partial charge in [-0.1, -0.05) is 30.0 Å². The lowest BCUT2D eigenvalue weighted by Gasteiger charge is -2.09. The molecule has 7 nitrogen and oxygen atoms in total. The minimum atomic E-state index is -1.53. The Morgan fingerprint density at radius 3 is 2.18 bits per heavy atom. The van der Waals surface area contributed by atoms with Gasteiger partial charge in [0, 0.05) is 21.9 Å². The first-order valence-corrected chi connectivity index (χ1v) is 6.73. The Hall–Kier alpha value is -2.87. The number of nitro benzene ring substituents is 1. The maximum absolute atomic E-state index is 11.4. The topological polar surface area (TPSA) is 118 Å². The van der Waals surface area contributed by atoms with Gasteiger partial charge in [-0.3, -0.25) is 10.1 Å². The van der Waals surface area contributed by atoms with E-state index in [4.69, 9.17) is 5.11 Å². The van der Waals surface area contributed by atoms with Crippen LogP contribution in [-0.2, 0) is 0 Å². The summed E-state index contributed by atoms with van der Waals surface area (Å²) in [6.07, 6.45) is 0. The van der Waals surface area contributed by atoms with E-state index in [0.29, 0.717) is 4.90 Å². The zero-order valence-corrected chi connectivity index (χ0v) is 11.7. The third-order valence-electron chi connectivity index (χ3n) is 2.71. The average molecular weight is 319 g/mol. The summed E-state index contributed by atoms with van der Waals surface area (Å²) in [4.78, 5) is 33.4. The number of carboxylic acids is 2. The van der Waals surface area contributed by atoms with Crippen molar-refractivity contribution in [3.63, 3.8) is 0 Å². The Morgan fingerprint density at radius 2 is 1.68 bits per heavy atom. The molecule has 8 heteroatoms. The predicted octanol–water partition coefficient (Wildman–Crippen LogP) is 3.14. The van der Waals surface area contributed by atoms with Crippen molar-refractivity contribution < 1.29 is 24.7 Å². The molecule has 0 atom stereocenters. The van der Waals surface area contributed by atoms with E-state index in [1.165, 1.54) is 0 Å². The van der Waals surface area contributed by atoms with E-state index in [2.05, 4.69) is 0 Å². The van der Waals surface area contributed by atoms with Crippen molar-refractivity contribution in [3.05, 3.63) is 63.7 Å². The summed E-state index contributed by atoms with van der Waals surface area (Å²) >= 11 is 0.957. The Kier molecular flexibility index (Phi) is 4.42. The van der Waals surface area contributed by atoms with Gasteiger partial charge in [0.1, 0.15) is 0 Å². The van der Waals surface area contributed by atoms with Gasteiger partial charge in [-0.25, -0.2) is 9.59 Å². The van der Waals surface area contributed by atoms with Crippen molar-refractivity contribution in [3.8, 4) is 0 Å².